The number of nitrogens with zero attached hydrogens (tertiary/aromatic N) is 2. The minimum Gasteiger partial charge on any atom is -0.351 e. The van der Waals surface area contributed by atoms with Gasteiger partial charge in [-0.1, -0.05) is 34.8 Å². The maximum absolute atomic E-state index is 11.5. The van der Waals surface area contributed by atoms with E-state index in [1.807, 2.05) is 35.7 Å². The van der Waals surface area contributed by atoms with E-state index >= 15 is 0 Å². The Morgan fingerprint density at radius 1 is 1.22 bits per heavy atom. The second-order valence-corrected chi connectivity index (χ2v) is 4.37. The molecule has 18 heavy (non-hydrogen) atoms. The number of benzene rings is 1. The van der Waals surface area contributed by atoms with Gasteiger partial charge < -0.3 is 10.6 Å². The molecule has 0 aliphatic rings. The molecule has 0 aliphatic carbocycles. The van der Waals surface area contributed by atoms with Crippen LogP contribution in [0.5, 0.6) is 0 Å². The summed E-state index contributed by atoms with van der Waals surface area (Å²) in [5.74, 6) is -0.0259. The van der Waals surface area contributed by atoms with Gasteiger partial charge >= 0.3 is 0 Å². The molecule has 0 atom stereocenters. The van der Waals surface area contributed by atoms with Gasteiger partial charge in [0.05, 0.1) is 12.2 Å². The molecule has 1 aromatic carbocycles. The second kappa shape index (κ2) is 6.83. The summed E-state index contributed by atoms with van der Waals surface area (Å²) in [6, 6.07) is 9.82. The highest BCUT2D eigenvalue weighted by atomic mass is 32.1. The smallest absolute Gasteiger partial charge is 0.234 e. The van der Waals surface area contributed by atoms with Crippen LogP contribution in [-0.2, 0) is 17.9 Å². The van der Waals surface area contributed by atoms with Crippen LogP contribution in [0.15, 0.2) is 35.7 Å². The van der Waals surface area contributed by atoms with Crippen molar-refractivity contribution in [3.63, 3.8) is 0 Å². The van der Waals surface area contributed by atoms with Crippen molar-refractivity contribution in [1.29, 1.82) is 0 Å². The van der Waals surface area contributed by atoms with Crippen molar-refractivity contribution in [1.82, 2.24) is 20.2 Å². The van der Waals surface area contributed by atoms with E-state index in [4.69, 9.17) is 0 Å². The van der Waals surface area contributed by atoms with E-state index in [0.717, 1.165) is 11.3 Å². The molecule has 1 heterocycles. The number of hydrogen-bond donors (Lipinski definition) is 2. The van der Waals surface area contributed by atoms with E-state index in [0.29, 0.717) is 13.1 Å². The normalized spacial score (nSPS) is 10.2. The lowest BCUT2D eigenvalue weighted by Gasteiger charge is -2.05. The number of amides is 1. The first-order valence-corrected chi connectivity index (χ1v) is 6.45. The van der Waals surface area contributed by atoms with E-state index in [9.17, 15) is 4.79 Å². The summed E-state index contributed by atoms with van der Waals surface area (Å²) in [4.78, 5) is 11.5. The third-order valence-corrected chi connectivity index (χ3v) is 2.88. The zero-order valence-corrected chi connectivity index (χ0v) is 10.6. The van der Waals surface area contributed by atoms with Crippen LogP contribution in [0.2, 0.25) is 0 Å². The van der Waals surface area contributed by atoms with Gasteiger partial charge in [-0.3, -0.25) is 4.79 Å². The van der Waals surface area contributed by atoms with Crippen LogP contribution in [0.25, 0.3) is 0 Å². The largest absolute Gasteiger partial charge is 0.351 e. The Morgan fingerprint density at radius 3 is 2.78 bits per heavy atom. The number of hydrogen-bond acceptors (Lipinski definition) is 5. The molecular weight excluding hydrogens is 248 g/mol. The SMILES string of the molecule is O=C(CNCc1csnn1)NCc1ccccc1. The zero-order chi connectivity index (χ0) is 12.6. The Morgan fingerprint density at radius 2 is 2.06 bits per heavy atom. The van der Waals surface area contributed by atoms with Crippen molar-refractivity contribution in [2.24, 2.45) is 0 Å². The van der Waals surface area contributed by atoms with Crippen molar-refractivity contribution >= 4 is 17.4 Å². The number of carbonyl (C=O) groups excluding carboxylic acids is 1. The van der Waals surface area contributed by atoms with Gasteiger partial charge in [-0.25, -0.2) is 0 Å². The summed E-state index contributed by atoms with van der Waals surface area (Å²) in [5, 5.41) is 11.6. The molecule has 6 heteroatoms. The molecule has 0 radical (unpaired) electrons. The minimum atomic E-state index is -0.0259. The molecular formula is C12H14N4OS. The lowest BCUT2D eigenvalue weighted by molar-refractivity contribution is -0.120. The predicted octanol–water partition coefficient (Wildman–Crippen LogP) is 0.944. The van der Waals surface area contributed by atoms with Gasteiger partial charge in [0, 0.05) is 18.5 Å². The van der Waals surface area contributed by atoms with Crippen molar-refractivity contribution in [3.05, 3.63) is 47.0 Å². The molecule has 0 saturated heterocycles. The first kappa shape index (κ1) is 12.7. The van der Waals surface area contributed by atoms with Crippen molar-refractivity contribution in [3.8, 4) is 0 Å². The maximum Gasteiger partial charge on any atom is 0.234 e. The Bertz CT molecular complexity index is 472. The van der Waals surface area contributed by atoms with Gasteiger partial charge in [-0.05, 0) is 17.1 Å². The topological polar surface area (TPSA) is 66.9 Å². The highest BCUT2D eigenvalue weighted by molar-refractivity contribution is 7.03. The Balaban J connectivity index is 1.63. The van der Waals surface area contributed by atoms with Crippen LogP contribution in [0, 0.1) is 0 Å². The summed E-state index contributed by atoms with van der Waals surface area (Å²) < 4.78 is 3.75. The molecule has 0 unspecified atom stereocenters. The number of rotatable bonds is 6. The number of aromatic nitrogens is 2. The standard InChI is InChI=1S/C12H14N4OS/c17-12(8-13-7-11-9-18-16-15-11)14-6-10-4-2-1-3-5-10/h1-5,9,13H,6-8H2,(H,14,17). The summed E-state index contributed by atoms with van der Waals surface area (Å²) in [5.41, 5.74) is 1.95. The molecule has 0 saturated carbocycles. The second-order valence-electron chi connectivity index (χ2n) is 3.76. The average molecular weight is 262 g/mol. The van der Waals surface area contributed by atoms with Gasteiger partial charge in [0.1, 0.15) is 0 Å². The van der Waals surface area contributed by atoms with Crippen molar-refractivity contribution in [2.75, 3.05) is 6.54 Å². The first-order chi connectivity index (χ1) is 8.84. The molecule has 2 rings (SSSR count). The molecule has 2 N–H and O–H groups in total. The fourth-order valence-electron chi connectivity index (χ4n) is 1.42. The Hall–Kier alpha value is -1.79. The molecule has 94 valence electrons. The number of nitrogens with one attached hydrogen (secondary N) is 2. The third-order valence-electron chi connectivity index (χ3n) is 2.33. The van der Waals surface area contributed by atoms with Crippen molar-refractivity contribution < 1.29 is 4.79 Å². The molecule has 5 nitrogen and oxygen atoms in total. The maximum atomic E-state index is 11.5. The average Bonchev–Trinajstić information content (AvgIpc) is 2.91. The molecule has 1 amide bonds. The summed E-state index contributed by atoms with van der Waals surface area (Å²) in [6.07, 6.45) is 0. The molecule has 2 aromatic rings. The van der Waals surface area contributed by atoms with E-state index < -0.39 is 0 Å². The van der Waals surface area contributed by atoms with Crippen LogP contribution in [0.3, 0.4) is 0 Å². The lowest BCUT2D eigenvalue weighted by Crippen LogP contribution is -2.33. The monoisotopic (exact) mass is 262 g/mol. The van der Waals surface area contributed by atoms with Crippen molar-refractivity contribution in [2.45, 2.75) is 13.1 Å². The molecule has 0 fully saturated rings. The summed E-state index contributed by atoms with van der Waals surface area (Å²) in [6.45, 7) is 1.40. The molecule has 0 spiro atoms. The number of carbonyl (C=O) groups is 1. The van der Waals surface area contributed by atoms with Crippen LogP contribution in [-0.4, -0.2) is 22.0 Å². The van der Waals surface area contributed by atoms with Crippen LogP contribution >= 0.6 is 11.5 Å². The van der Waals surface area contributed by atoms with E-state index in [1.54, 1.807) is 0 Å². The third kappa shape index (κ3) is 4.23. The molecule has 1 aromatic heterocycles. The Kier molecular flexibility index (Phi) is 4.80. The predicted molar refractivity (Wildman–Crippen MR) is 69.9 cm³/mol. The van der Waals surface area contributed by atoms with Crippen LogP contribution in [0.1, 0.15) is 11.3 Å². The highest BCUT2D eigenvalue weighted by Gasteiger charge is 2.01. The molecule has 0 aliphatic heterocycles. The summed E-state index contributed by atoms with van der Waals surface area (Å²) >= 11 is 1.30. The minimum absolute atomic E-state index is 0.0259. The van der Waals surface area contributed by atoms with Crippen LogP contribution < -0.4 is 10.6 Å². The van der Waals surface area contributed by atoms with Gasteiger partial charge in [0.2, 0.25) is 5.91 Å². The van der Waals surface area contributed by atoms with Gasteiger partial charge in [-0.2, -0.15) is 0 Å². The van der Waals surface area contributed by atoms with Gasteiger partial charge in [0.25, 0.3) is 0 Å². The van der Waals surface area contributed by atoms with Gasteiger partial charge in [-0.15, -0.1) is 5.10 Å². The van der Waals surface area contributed by atoms with E-state index in [-0.39, 0.29) is 12.5 Å². The van der Waals surface area contributed by atoms with Crippen LogP contribution in [0.4, 0.5) is 0 Å². The van der Waals surface area contributed by atoms with E-state index in [2.05, 4.69) is 20.2 Å². The van der Waals surface area contributed by atoms with Gasteiger partial charge in [0.15, 0.2) is 0 Å². The Labute approximate surface area is 109 Å². The summed E-state index contributed by atoms with van der Waals surface area (Å²) in [7, 11) is 0. The highest BCUT2D eigenvalue weighted by Crippen LogP contribution is 1.97. The quantitative estimate of drug-likeness (QED) is 0.813. The van der Waals surface area contributed by atoms with E-state index in [1.165, 1.54) is 11.5 Å². The zero-order valence-electron chi connectivity index (χ0n) is 9.80. The first-order valence-electron chi connectivity index (χ1n) is 5.62. The molecule has 0 bridgehead atoms. The fraction of sp³-hybridized carbons (Fsp3) is 0.250. The fourth-order valence-corrected chi connectivity index (χ4v) is 1.88. The lowest BCUT2D eigenvalue weighted by atomic mass is 10.2.